The molecule has 1 aliphatic carbocycles. The number of hydrogen-bond donors (Lipinski definition) is 2. The monoisotopic (exact) mass is 452 g/mol. The fourth-order valence-electron chi connectivity index (χ4n) is 4.89. The van der Waals surface area contributed by atoms with Crippen molar-refractivity contribution in [2.45, 2.75) is 57.7 Å². The van der Waals surface area contributed by atoms with Crippen molar-refractivity contribution in [3.8, 4) is 11.8 Å². The van der Waals surface area contributed by atoms with Crippen LogP contribution in [0.5, 0.6) is 11.8 Å². The third-order valence-electron chi connectivity index (χ3n) is 6.95. The van der Waals surface area contributed by atoms with Gasteiger partial charge >= 0.3 is 6.01 Å². The Kier molecular flexibility index (Phi) is 6.22. The first-order valence-corrected chi connectivity index (χ1v) is 11.9. The molecule has 1 aromatic heterocycles. The SMILES string of the molecule is CNc1c(N)nc2nc1N(C=O)Cc1cc(cc3c1CN(C1CCC1)CC3)OCCCCO2. The fourth-order valence-corrected chi connectivity index (χ4v) is 4.89. The van der Waals surface area contributed by atoms with Crippen LogP contribution in [-0.4, -0.2) is 54.1 Å². The van der Waals surface area contributed by atoms with Crippen LogP contribution in [-0.2, 0) is 24.3 Å². The Hall–Kier alpha value is -3.07. The van der Waals surface area contributed by atoms with Crippen LogP contribution >= 0.6 is 0 Å². The van der Waals surface area contributed by atoms with Gasteiger partial charge in [-0.25, -0.2) is 0 Å². The number of aromatic nitrogens is 2. The lowest BCUT2D eigenvalue weighted by molar-refractivity contribution is -0.107. The van der Waals surface area contributed by atoms with E-state index < -0.39 is 0 Å². The highest BCUT2D eigenvalue weighted by Gasteiger charge is 2.30. The van der Waals surface area contributed by atoms with E-state index in [1.807, 2.05) is 0 Å². The summed E-state index contributed by atoms with van der Waals surface area (Å²) >= 11 is 0. The highest BCUT2D eigenvalue weighted by Crippen LogP contribution is 2.36. The molecule has 5 rings (SSSR count). The fraction of sp³-hybridized carbons (Fsp3) is 0.542. The molecule has 33 heavy (non-hydrogen) atoms. The number of amides is 1. The summed E-state index contributed by atoms with van der Waals surface area (Å²) in [6, 6.07) is 5.13. The topological polar surface area (TPSA) is 106 Å². The van der Waals surface area contributed by atoms with E-state index in [1.54, 1.807) is 11.9 Å². The normalized spacial score (nSPS) is 19.4. The summed E-state index contributed by atoms with van der Waals surface area (Å²) in [6.07, 6.45) is 7.33. The molecule has 9 heteroatoms. The zero-order chi connectivity index (χ0) is 22.8. The zero-order valence-electron chi connectivity index (χ0n) is 19.2. The van der Waals surface area contributed by atoms with Gasteiger partial charge in [-0.05, 0) is 60.9 Å². The lowest BCUT2D eigenvalue weighted by atomic mass is 9.87. The van der Waals surface area contributed by atoms with Crippen molar-refractivity contribution in [1.29, 1.82) is 0 Å². The van der Waals surface area contributed by atoms with Gasteiger partial charge < -0.3 is 20.5 Å². The van der Waals surface area contributed by atoms with Gasteiger partial charge in [-0.2, -0.15) is 9.97 Å². The number of nitrogens with one attached hydrogen (secondary N) is 1. The number of nitrogens with two attached hydrogens (primary N) is 1. The van der Waals surface area contributed by atoms with E-state index >= 15 is 0 Å². The van der Waals surface area contributed by atoms with Crippen LogP contribution in [0.3, 0.4) is 0 Å². The van der Waals surface area contributed by atoms with Gasteiger partial charge in [0.15, 0.2) is 11.6 Å². The summed E-state index contributed by atoms with van der Waals surface area (Å²) in [7, 11) is 1.74. The van der Waals surface area contributed by atoms with Gasteiger partial charge in [-0.15, -0.1) is 0 Å². The van der Waals surface area contributed by atoms with Crippen molar-refractivity contribution in [2.75, 3.05) is 42.8 Å². The van der Waals surface area contributed by atoms with Crippen LogP contribution in [0.25, 0.3) is 0 Å². The molecule has 1 saturated carbocycles. The maximum absolute atomic E-state index is 12.3. The number of nitrogens with zero attached hydrogens (tertiary/aromatic N) is 4. The minimum atomic E-state index is 0.179. The number of nitrogen functional groups attached to an aromatic ring is 1. The Bertz CT molecular complexity index is 1030. The molecule has 1 fully saturated rings. The highest BCUT2D eigenvalue weighted by atomic mass is 16.5. The predicted molar refractivity (Wildman–Crippen MR) is 127 cm³/mol. The molecule has 2 aromatic rings. The summed E-state index contributed by atoms with van der Waals surface area (Å²) in [5.74, 6) is 1.53. The van der Waals surface area contributed by atoms with Gasteiger partial charge in [-0.3, -0.25) is 14.6 Å². The van der Waals surface area contributed by atoms with Gasteiger partial charge in [0, 0.05) is 26.2 Å². The van der Waals surface area contributed by atoms with E-state index in [4.69, 9.17) is 15.2 Å². The predicted octanol–water partition coefficient (Wildman–Crippen LogP) is 2.73. The van der Waals surface area contributed by atoms with Crippen LogP contribution in [0.2, 0.25) is 0 Å². The summed E-state index contributed by atoms with van der Waals surface area (Å²) in [5, 5.41) is 3.04. The number of hydrogen-bond acceptors (Lipinski definition) is 8. The largest absolute Gasteiger partial charge is 0.494 e. The molecule has 0 atom stereocenters. The second-order valence-corrected chi connectivity index (χ2v) is 9.00. The molecular weight excluding hydrogens is 420 g/mol. The second kappa shape index (κ2) is 9.43. The number of ether oxygens (including phenoxy) is 2. The summed E-state index contributed by atoms with van der Waals surface area (Å²) in [4.78, 5) is 25.2. The first-order chi connectivity index (χ1) is 16.2. The third kappa shape index (κ3) is 4.42. The van der Waals surface area contributed by atoms with Crippen LogP contribution < -0.4 is 25.4 Å². The van der Waals surface area contributed by atoms with Crippen LogP contribution in [0.4, 0.5) is 17.3 Å². The van der Waals surface area contributed by atoms with Gasteiger partial charge in [0.2, 0.25) is 6.41 Å². The van der Waals surface area contributed by atoms with Crippen molar-refractivity contribution in [3.63, 3.8) is 0 Å². The van der Waals surface area contributed by atoms with E-state index in [0.29, 0.717) is 37.3 Å². The summed E-state index contributed by atoms with van der Waals surface area (Å²) in [6.45, 7) is 3.41. The molecule has 0 spiro atoms. The minimum Gasteiger partial charge on any atom is -0.494 e. The number of carbonyl (C=O) groups is 1. The summed E-state index contributed by atoms with van der Waals surface area (Å²) < 4.78 is 11.8. The maximum Gasteiger partial charge on any atom is 0.320 e. The lowest BCUT2D eigenvalue weighted by Crippen LogP contribution is -2.43. The third-order valence-corrected chi connectivity index (χ3v) is 6.95. The molecule has 3 aliphatic rings. The quantitative estimate of drug-likeness (QED) is 0.685. The van der Waals surface area contributed by atoms with Crippen molar-refractivity contribution in [1.82, 2.24) is 14.9 Å². The van der Waals surface area contributed by atoms with Crippen LogP contribution in [0, 0.1) is 0 Å². The smallest absolute Gasteiger partial charge is 0.320 e. The van der Waals surface area contributed by atoms with E-state index in [-0.39, 0.29) is 11.8 Å². The number of benzene rings is 1. The number of anilines is 3. The molecule has 176 valence electrons. The molecule has 3 heterocycles. The maximum atomic E-state index is 12.3. The lowest BCUT2D eigenvalue weighted by Gasteiger charge is -2.41. The average Bonchev–Trinajstić information content (AvgIpc) is 2.78. The molecule has 9 nitrogen and oxygen atoms in total. The standard InChI is InChI=1S/C24H32N6O3/c1-26-21-22(25)27-24-28-23(21)30(15-31)13-17-12-19(32-9-2-3-10-33-24)11-16-7-8-29(14-20(16)17)18-5-4-6-18/h11-12,15,18,26H,2-10,13-14H2,1H3,(H2,25,27,28). The Morgan fingerprint density at radius 1 is 1.09 bits per heavy atom. The molecule has 4 bridgehead atoms. The first kappa shape index (κ1) is 21.8. The van der Waals surface area contributed by atoms with Crippen molar-refractivity contribution >= 4 is 23.7 Å². The second-order valence-electron chi connectivity index (χ2n) is 9.00. The molecule has 1 amide bonds. The van der Waals surface area contributed by atoms with Crippen LogP contribution in [0.1, 0.15) is 48.8 Å². The van der Waals surface area contributed by atoms with E-state index in [1.165, 1.54) is 30.4 Å². The van der Waals surface area contributed by atoms with E-state index in [0.717, 1.165) is 50.1 Å². The number of fused-ring (bicyclic) bond motifs is 6. The van der Waals surface area contributed by atoms with Gasteiger partial charge in [0.1, 0.15) is 11.4 Å². The first-order valence-electron chi connectivity index (χ1n) is 11.9. The summed E-state index contributed by atoms with van der Waals surface area (Å²) in [5.41, 5.74) is 10.4. The van der Waals surface area contributed by atoms with E-state index in [2.05, 4.69) is 32.3 Å². The molecule has 3 N–H and O–H groups in total. The number of carbonyl (C=O) groups excluding carboxylic acids is 1. The van der Waals surface area contributed by atoms with E-state index in [9.17, 15) is 4.79 Å². The molecular formula is C24H32N6O3. The van der Waals surface area contributed by atoms with Gasteiger partial charge in [0.25, 0.3) is 0 Å². The highest BCUT2D eigenvalue weighted by molar-refractivity contribution is 5.85. The number of rotatable bonds is 3. The zero-order valence-corrected chi connectivity index (χ0v) is 19.2. The Morgan fingerprint density at radius 3 is 2.61 bits per heavy atom. The minimum absolute atomic E-state index is 0.179. The molecule has 0 radical (unpaired) electrons. The van der Waals surface area contributed by atoms with Crippen molar-refractivity contribution in [3.05, 3.63) is 28.8 Å². The van der Waals surface area contributed by atoms with Crippen molar-refractivity contribution in [2.24, 2.45) is 0 Å². The van der Waals surface area contributed by atoms with Crippen molar-refractivity contribution < 1.29 is 14.3 Å². The Balaban J connectivity index is 1.56. The van der Waals surface area contributed by atoms with Gasteiger partial charge in [0.05, 0.1) is 19.8 Å². The van der Waals surface area contributed by atoms with Crippen LogP contribution in [0.15, 0.2) is 12.1 Å². The van der Waals surface area contributed by atoms with Gasteiger partial charge in [-0.1, -0.05) is 6.42 Å². The molecule has 2 aliphatic heterocycles. The molecule has 0 unspecified atom stereocenters. The Morgan fingerprint density at radius 2 is 1.88 bits per heavy atom. The average molecular weight is 453 g/mol. The molecule has 0 saturated heterocycles. The Labute approximate surface area is 194 Å². The molecule has 1 aromatic carbocycles.